The molecule has 142 valence electrons. The largest absolute Gasteiger partial charge is 0.486 e. The minimum Gasteiger partial charge on any atom is -0.486 e. The number of likely N-dealkylation sites (N-methyl/N-ethyl adjacent to an activating group) is 1. The zero-order chi connectivity index (χ0) is 19.2. The first-order valence-corrected chi connectivity index (χ1v) is 9.07. The normalized spacial score (nSPS) is 15.1. The van der Waals surface area contributed by atoms with Crippen LogP contribution in [0.3, 0.4) is 0 Å². The molecule has 7 heteroatoms. The average Bonchev–Trinajstić information content (AvgIpc) is 2.68. The van der Waals surface area contributed by atoms with Crippen LogP contribution in [-0.2, 0) is 4.79 Å². The van der Waals surface area contributed by atoms with Crippen molar-refractivity contribution in [3.63, 3.8) is 0 Å². The van der Waals surface area contributed by atoms with Gasteiger partial charge in [0.1, 0.15) is 6.61 Å². The predicted molar refractivity (Wildman–Crippen MR) is 102 cm³/mol. The van der Waals surface area contributed by atoms with E-state index in [-0.39, 0.29) is 30.9 Å². The summed E-state index contributed by atoms with van der Waals surface area (Å²) in [6, 6.07) is 14.0. The SMILES string of the molecule is CN(CC1COc2ccccc2O1)C(=O)CCNC(=O)c1ccc(Cl)cc1. The molecule has 0 bridgehead atoms. The van der Waals surface area contributed by atoms with Gasteiger partial charge in [-0.15, -0.1) is 0 Å². The first-order valence-electron chi connectivity index (χ1n) is 8.69. The first kappa shape index (κ1) is 19.0. The van der Waals surface area contributed by atoms with Gasteiger partial charge in [0.15, 0.2) is 17.6 Å². The molecule has 0 aliphatic carbocycles. The molecule has 0 saturated carbocycles. The summed E-state index contributed by atoms with van der Waals surface area (Å²) in [6.45, 7) is 1.07. The summed E-state index contributed by atoms with van der Waals surface area (Å²) >= 11 is 5.80. The lowest BCUT2D eigenvalue weighted by molar-refractivity contribution is -0.131. The Labute approximate surface area is 163 Å². The van der Waals surface area contributed by atoms with Gasteiger partial charge in [-0.25, -0.2) is 0 Å². The van der Waals surface area contributed by atoms with E-state index in [2.05, 4.69) is 5.32 Å². The minimum absolute atomic E-state index is 0.0751. The zero-order valence-electron chi connectivity index (χ0n) is 15.0. The fourth-order valence-electron chi connectivity index (χ4n) is 2.74. The third-order valence-corrected chi connectivity index (χ3v) is 4.45. The Morgan fingerprint density at radius 3 is 2.59 bits per heavy atom. The highest BCUT2D eigenvalue weighted by Crippen LogP contribution is 2.30. The predicted octanol–water partition coefficient (Wildman–Crippen LogP) is 2.76. The second-order valence-corrected chi connectivity index (χ2v) is 6.72. The third kappa shape index (κ3) is 5.14. The molecule has 27 heavy (non-hydrogen) atoms. The van der Waals surface area contributed by atoms with Crippen molar-refractivity contribution in [2.75, 3.05) is 26.7 Å². The molecule has 0 saturated heterocycles. The van der Waals surface area contributed by atoms with Crippen molar-refractivity contribution in [1.82, 2.24) is 10.2 Å². The standard InChI is InChI=1S/C20H21ClN2O4/c1-23(12-16-13-26-17-4-2-3-5-18(17)27-16)19(24)10-11-22-20(25)14-6-8-15(21)9-7-14/h2-9,16H,10-13H2,1H3,(H,22,25). The van der Waals surface area contributed by atoms with E-state index in [0.29, 0.717) is 35.2 Å². The molecular weight excluding hydrogens is 368 g/mol. The van der Waals surface area contributed by atoms with Crippen LogP contribution in [0.4, 0.5) is 0 Å². The van der Waals surface area contributed by atoms with Crippen LogP contribution in [0.5, 0.6) is 11.5 Å². The van der Waals surface area contributed by atoms with E-state index in [4.69, 9.17) is 21.1 Å². The fourth-order valence-corrected chi connectivity index (χ4v) is 2.86. The number of halogens is 1. The summed E-state index contributed by atoms with van der Waals surface area (Å²) in [6.07, 6.45) is -0.0162. The number of carbonyl (C=O) groups excluding carboxylic acids is 2. The topological polar surface area (TPSA) is 67.9 Å². The number of fused-ring (bicyclic) bond motifs is 1. The van der Waals surface area contributed by atoms with Gasteiger partial charge in [-0.3, -0.25) is 9.59 Å². The van der Waals surface area contributed by atoms with E-state index in [1.807, 2.05) is 24.3 Å². The maximum absolute atomic E-state index is 12.3. The van der Waals surface area contributed by atoms with Crippen molar-refractivity contribution in [3.8, 4) is 11.5 Å². The second kappa shape index (κ2) is 8.77. The lowest BCUT2D eigenvalue weighted by Gasteiger charge is -2.29. The molecule has 3 rings (SSSR count). The van der Waals surface area contributed by atoms with E-state index in [1.165, 1.54) is 0 Å². The van der Waals surface area contributed by atoms with Crippen molar-refractivity contribution in [2.24, 2.45) is 0 Å². The summed E-state index contributed by atoms with van der Waals surface area (Å²) in [4.78, 5) is 25.9. The first-order chi connectivity index (χ1) is 13.0. The second-order valence-electron chi connectivity index (χ2n) is 6.28. The number of carbonyl (C=O) groups is 2. The molecule has 1 N–H and O–H groups in total. The monoisotopic (exact) mass is 388 g/mol. The maximum Gasteiger partial charge on any atom is 0.251 e. The van der Waals surface area contributed by atoms with Gasteiger partial charge >= 0.3 is 0 Å². The molecule has 2 aromatic rings. The molecule has 6 nitrogen and oxygen atoms in total. The average molecular weight is 389 g/mol. The molecule has 1 heterocycles. The summed E-state index contributed by atoms with van der Waals surface area (Å²) < 4.78 is 11.5. The number of nitrogens with one attached hydrogen (secondary N) is 1. The van der Waals surface area contributed by atoms with E-state index >= 15 is 0 Å². The van der Waals surface area contributed by atoms with Crippen molar-refractivity contribution in [2.45, 2.75) is 12.5 Å². The Morgan fingerprint density at radius 2 is 1.85 bits per heavy atom. The Morgan fingerprint density at radius 1 is 1.15 bits per heavy atom. The Hall–Kier alpha value is -2.73. The van der Waals surface area contributed by atoms with Gasteiger partial charge in [0.2, 0.25) is 5.91 Å². The molecule has 1 unspecified atom stereocenters. The van der Waals surface area contributed by atoms with Crippen LogP contribution in [0.2, 0.25) is 5.02 Å². The van der Waals surface area contributed by atoms with Gasteiger partial charge < -0.3 is 19.7 Å². The molecule has 0 fully saturated rings. The molecular formula is C20H21ClN2O4. The van der Waals surface area contributed by atoms with Crippen LogP contribution in [0, 0.1) is 0 Å². The van der Waals surface area contributed by atoms with Crippen molar-refractivity contribution < 1.29 is 19.1 Å². The lowest BCUT2D eigenvalue weighted by atomic mass is 10.2. The van der Waals surface area contributed by atoms with E-state index in [0.717, 1.165) is 0 Å². The van der Waals surface area contributed by atoms with Gasteiger partial charge in [-0.2, -0.15) is 0 Å². The highest BCUT2D eigenvalue weighted by Gasteiger charge is 2.23. The van der Waals surface area contributed by atoms with E-state index in [1.54, 1.807) is 36.2 Å². The van der Waals surface area contributed by atoms with Crippen molar-refractivity contribution >= 4 is 23.4 Å². The number of ether oxygens (including phenoxy) is 2. The molecule has 0 spiro atoms. The van der Waals surface area contributed by atoms with Crippen LogP contribution in [0.1, 0.15) is 16.8 Å². The van der Waals surface area contributed by atoms with Crippen molar-refractivity contribution in [3.05, 3.63) is 59.1 Å². The lowest BCUT2D eigenvalue weighted by Crippen LogP contribution is -2.42. The Balaban J connectivity index is 1.42. The highest BCUT2D eigenvalue weighted by atomic mass is 35.5. The van der Waals surface area contributed by atoms with Gasteiger partial charge in [0.25, 0.3) is 5.91 Å². The number of amides is 2. The number of benzene rings is 2. The van der Waals surface area contributed by atoms with Crippen LogP contribution in [-0.4, -0.2) is 49.6 Å². The van der Waals surface area contributed by atoms with E-state index in [9.17, 15) is 9.59 Å². The molecule has 2 amide bonds. The van der Waals surface area contributed by atoms with Crippen LogP contribution in [0.25, 0.3) is 0 Å². The van der Waals surface area contributed by atoms with Gasteiger partial charge in [-0.05, 0) is 36.4 Å². The zero-order valence-corrected chi connectivity index (χ0v) is 15.7. The Bertz CT molecular complexity index is 810. The van der Waals surface area contributed by atoms with Gasteiger partial charge in [0, 0.05) is 30.6 Å². The van der Waals surface area contributed by atoms with Gasteiger partial charge in [-0.1, -0.05) is 23.7 Å². The summed E-state index contributed by atoms with van der Waals surface area (Å²) in [5.41, 5.74) is 0.506. The highest BCUT2D eigenvalue weighted by molar-refractivity contribution is 6.30. The van der Waals surface area contributed by atoms with Gasteiger partial charge in [0.05, 0.1) is 6.54 Å². The van der Waals surface area contributed by atoms with E-state index < -0.39 is 0 Å². The summed E-state index contributed by atoms with van der Waals surface area (Å²) in [5.74, 6) is 1.09. The molecule has 2 aromatic carbocycles. The van der Waals surface area contributed by atoms with Crippen LogP contribution >= 0.6 is 11.6 Å². The molecule has 0 aromatic heterocycles. The third-order valence-electron chi connectivity index (χ3n) is 4.20. The number of nitrogens with zero attached hydrogens (tertiary/aromatic N) is 1. The minimum atomic E-state index is -0.234. The summed E-state index contributed by atoms with van der Waals surface area (Å²) in [5, 5.41) is 3.30. The summed E-state index contributed by atoms with van der Waals surface area (Å²) in [7, 11) is 1.72. The molecule has 1 aliphatic rings. The van der Waals surface area contributed by atoms with Crippen LogP contribution in [0.15, 0.2) is 48.5 Å². The maximum atomic E-state index is 12.3. The molecule has 1 atom stereocenters. The molecule has 1 aliphatic heterocycles. The number of hydrogen-bond donors (Lipinski definition) is 1. The number of rotatable bonds is 6. The fraction of sp³-hybridized carbons (Fsp3) is 0.300. The molecule has 0 radical (unpaired) electrons. The van der Waals surface area contributed by atoms with Crippen molar-refractivity contribution in [1.29, 1.82) is 0 Å². The smallest absolute Gasteiger partial charge is 0.251 e. The quantitative estimate of drug-likeness (QED) is 0.826. The number of hydrogen-bond acceptors (Lipinski definition) is 4. The Kier molecular flexibility index (Phi) is 6.19. The number of para-hydroxylation sites is 2. The van der Waals surface area contributed by atoms with Crippen LogP contribution < -0.4 is 14.8 Å².